The normalized spacial score (nSPS) is 12.0. The van der Waals surface area contributed by atoms with E-state index in [0.717, 1.165) is 10.5 Å². The number of anilines is 1. The van der Waals surface area contributed by atoms with Gasteiger partial charge in [-0.25, -0.2) is 0 Å². The van der Waals surface area contributed by atoms with Crippen LogP contribution >= 0.6 is 0 Å². The van der Waals surface area contributed by atoms with Crippen molar-refractivity contribution in [3.63, 3.8) is 0 Å². The smallest absolute Gasteiger partial charge is 0.0622 e. The molecule has 0 aliphatic carbocycles. The van der Waals surface area contributed by atoms with Gasteiger partial charge in [-0.05, 0) is 37.1 Å². The van der Waals surface area contributed by atoms with Crippen LogP contribution in [0.3, 0.4) is 0 Å². The van der Waals surface area contributed by atoms with E-state index in [1.807, 2.05) is 19.1 Å². The van der Waals surface area contributed by atoms with Crippen molar-refractivity contribution >= 4 is 16.5 Å². The fourth-order valence-corrected chi connectivity index (χ4v) is 2.36. The molecule has 0 radical (unpaired) electrons. The second kappa shape index (κ2) is 5.52. The maximum Gasteiger partial charge on any atom is 0.0622 e. The number of rotatable bonds is 4. The Bertz CT molecular complexity index is 410. The Kier molecular flexibility index (Phi) is 4.32. The van der Waals surface area contributed by atoms with E-state index in [9.17, 15) is 4.21 Å². The second-order valence-corrected chi connectivity index (χ2v) is 4.90. The minimum absolute atomic E-state index is 0.458. The van der Waals surface area contributed by atoms with Crippen LogP contribution in [0.15, 0.2) is 23.1 Å². The van der Waals surface area contributed by atoms with Gasteiger partial charge in [-0.3, -0.25) is 4.21 Å². The van der Waals surface area contributed by atoms with Gasteiger partial charge in [0, 0.05) is 22.8 Å². The molecule has 1 aromatic rings. The van der Waals surface area contributed by atoms with Crippen LogP contribution in [0.4, 0.5) is 5.69 Å². The zero-order valence-electron chi connectivity index (χ0n) is 8.69. The molecule has 80 valence electrons. The average Bonchev–Trinajstić information content (AvgIpc) is 2.22. The predicted molar refractivity (Wildman–Crippen MR) is 61.7 cm³/mol. The minimum atomic E-state index is -1.01. The van der Waals surface area contributed by atoms with Crippen LogP contribution in [-0.2, 0) is 10.8 Å². The number of aryl methyl sites for hydroxylation is 1. The molecule has 1 atom stereocenters. The van der Waals surface area contributed by atoms with Crippen molar-refractivity contribution in [2.45, 2.75) is 24.7 Å². The molecule has 4 heteroatoms. The van der Waals surface area contributed by atoms with Crippen molar-refractivity contribution in [1.82, 2.24) is 0 Å². The monoisotopic (exact) mass is 222 g/mol. The fraction of sp³-hybridized carbons (Fsp3) is 0.364. The lowest BCUT2D eigenvalue weighted by molar-refractivity contribution is 0.681. The summed E-state index contributed by atoms with van der Waals surface area (Å²) in [6.07, 6.45) is 1.13. The lowest BCUT2D eigenvalue weighted by atomic mass is 10.2. The quantitative estimate of drug-likeness (QED) is 0.625. The van der Waals surface area contributed by atoms with Crippen LogP contribution in [-0.4, -0.2) is 9.96 Å². The first-order chi connectivity index (χ1) is 7.15. The number of hydrogen-bond acceptors (Lipinski definition) is 3. The van der Waals surface area contributed by atoms with Gasteiger partial charge in [0.2, 0.25) is 0 Å². The standard InChI is InChI=1S/C11H14N2OS/c1-9-8-10(4-5-11(9)13)15(14)7-3-2-6-12/h4-5,8H,2-3,7,13H2,1H3. The van der Waals surface area contributed by atoms with Gasteiger partial charge in [-0.2, -0.15) is 5.26 Å². The topological polar surface area (TPSA) is 66.9 Å². The molecule has 1 unspecified atom stereocenters. The molecule has 3 nitrogen and oxygen atoms in total. The van der Waals surface area contributed by atoms with E-state index in [4.69, 9.17) is 11.0 Å². The zero-order valence-corrected chi connectivity index (χ0v) is 9.51. The Labute approximate surface area is 92.4 Å². The Balaban J connectivity index is 2.67. The van der Waals surface area contributed by atoms with E-state index in [-0.39, 0.29) is 0 Å². The molecule has 0 heterocycles. The summed E-state index contributed by atoms with van der Waals surface area (Å²) in [7, 11) is -1.01. The Morgan fingerprint density at radius 1 is 1.53 bits per heavy atom. The fourth-order valence-electron chi connectivity index (χ4n) is 1.19. The maximum atomic E-state index is 11.7. The molecule has 0 saturated carbocycles. The zero-order chi connectivity index (χ0) is 11.3. The van der Waals surface area contributed by atoms with Crippen LogP contribution in [0.2, 0.25) is 0 Å². The molecule has 0 bridgehead atoms. The van der Waals surface area contributed by atoms with E-state index in [1.165, 1.54) is 0 Å². The summed E-state index contributed by atoms with van der Waals surface area (Å²) < 4.78 is 11.7. The first kappa shape index (κ1) is 11.7. The van der Waals surface area contributed by atoms with Crippen molar-refractivity contribution in [3.8, 4) is 6.07 Å². The maximum absolute atomic E-state index is 11.7. The molecule has 0 spiro atoms. The first-order valence-electron chi connectivity index (χ1n) is 4.76. The molecular weight excluding hydrogens is 208 g/mol. The van der Waals surface area contributed by atoms with Gasteiger partial charge in [-0.15, -0.1) is 0 Å². The van der Waals surface area contributed by atoms with Crippen LogP contribution in [0, 0.1) is 18.3 Å². The summed E-state index contributed by atoms with van der Waals surface area (Å²) in [6.45, 7) is 1.89. The van der Waals surface area contributed by atoms with E-state index >= 15 is 0 Å². The van der Waals surface area contributed by atoms with Gasteiger partial charge in [-0.1, -0.05) is 0 Å². The van der Waals surface area contributed by atoms with Crippen LogP contribution in [0.5, 0.6) is 0 Å². The third kappa shape index (κ3) is 3.37. The van der Waals surface area contributed by atoms with Crippen LogP contribution in [0.1, 0.15) is 18.4 Å². The summed E-state index contributed by atoms with van der Waals surface area (Å²) in [6, 6.07) is 7.44. The SMILES string of the molecule is Cc1cc(S(=O)CCCC#N)ccc1N. The van der Waals surface area contributed by atoms with Crippen molar-refractivity contribution in [1.29, 1.82) is 5.26 Å². The van der Waals surface area contributed by atoms with E-state index in [0.29, 0.717) is 24.3 Å². The molecule has 0 aromatic heterocycles. The lowest BCUT2D eigenvalue weighted by Crippen LogP contribution is -1.99. The number of nitrogen functional groups attached to an aromatic ring is 1. The Hall–Kier alpha value is -1.34. The molecule has 1 rings (SSSR count). The Morgan fingerprint density at radius 2 is 2.27 bits per heavy atom. The van der Waals surface area contributed by atoms with Crippen molar-refractivity contribution in [2.75, 3.05) is 11.5 Å². The molecule has 0 aliphatic heterocycles. The summed E-state index contributed by atoms with van der Waals surface area (Å²) in [5.74, 6) is 0.539. The molecule has 0 aliphatic rings. The molecule has 2 N–H and O–H groups in total. The van der Waals surface area contributed by atoms with E-state index in [1.54, 1.807) is 12.1 Å². The number of nitrogens with two attached hydrogens (primary N) is 1. The molecule has 1 aromatic carbocycles. The van der Waals surface area contributed by atoms with Crippen molar-refractivity contribution in [2.24, 2.45) is 0 Å². The third-order valence-corrected chi connectivity index (χ3v) is 3.56. The van der Waals surface area contributed by atoms with Gasteiger partial charge < -0.3 is 5.73 Å². The number of unbranched alkanes of at least 4 members (excludes halogenated alkanes) is 1. The summed E-state index contributed by atoms with van der Waals surface area (Å²) in [4.78, 5) is 0.791. The third-order valence-electron chi connectivity index (χ3n) is 2.12. The molecule has 0 amide bonds. The Morgan fingerprint density at radius 3 is 2.87 bits per heavy atom. The lowest BCUT2D eigenvalue weighted by Gasteiger charge is -2.04. The largest absolute Gasteiger partial charge is 0.399 e. The highest BCUT2D eigenvalue weighted by atomic mass is 32.2. The molecule has 15 heavy (non-hydrogen) atoms. The average molecular weight is 222 g/mol. The highest BCUT2D eigenvalue weighted by Crippen LogP contribution is 2.16. The van der Waals surface area contributed by atoms with Crippen LogP contribution in [0.25, 0.3) is 0 Å². The minimum Gasteiger partial charge on any atom is -0.399 e. The molecule has 0 fully saturated rings. The van der Waals surface area contributed by atoms with Gasteiger partial charge in [0.25, 0.3) is 0 Å². The van der Waals surface area contributed by atoms with E-state index < -0.39 is 10.8 Å². The van der Waals surface area contributed by atoms with Crippen LogP contribution < -0.4 is 5.73 Å². The van der Waals surface area contributed by atoms with Gasteiger partial charge in [0.05, 0.1) is 16.9 Å². The van der Waals surface area contributed by atoms with Crippen molar-refractivity contribution < 1.29 is 4.21 Å². The summed E-state index contributed by atoms with van der Waals surface area (Å²) >= 11 is 0. The summed E-state index contributed by atoms with van der Waals surface area (Å²) in [5, 5.41) is 8.36. The number of benzene rings is 1. The van der Waals surface area contributed by atoms with Crippen molar-refractivity contribution in [3.05, 3.63) is 23.8 Å². The second-order valence-electron chi connectivity index (χ2n) is 3.33. The highest BCUT2D eigenvalue weighted by Gasteiger charge is 2.04. The highest BCUT2D eigenvalue weighted by molar-refractivity contribution is 7.85. The van der Waals surface area contributed by atoms with Gasteiger partial charge in [0.15, 0.2) is 0 Å². The van der Waals surface area contributed by atoms with E-state index in [2.05, 4.69) is 0 Å². The summed E-state index contributed by atoms with van der Waals surface area (Å²) in [5.41, 5.74) is 7.33. The first-order valence-corrected chi connectivity index (χ1v) is 6.08. The molecule has 0 saturated heterocycles. The number of nitrogens with zero attached hydrogens (tertiary/aromatic N) is 1. The number of hydrogen-bond donors (Lipinski definition) is 1. The van der Waals surface area contributed by atoms with Gasteiger partial charge >= 0.3 is 0 Å². The predicted octanol–water partition coefficient (Wildman–Crippen LogP) is 1.99. The van der Waals surface area contributed by atoms with Gasteiger partial charge in [0.1, 0.15) is 0 Å². The number of nitriles is 1. The molecular formula is C11H14N2OS.